The van der Waals surface area contributed by atoms with Crippen molar-refractivity contribution in [2.75, 3.05) is 18.6 Å². The summed E-state index contributed by atoms with van der Waals surface area (Å²) in [5.74, 6) is 0.167. The van der Waals surface area contributed by atoms with Crippen molar-refractivity contribution in [3.05, 3.63) is 35.7 Å². The maximum absolute atomic E-state index is 11.8. The average Bonchev–Trinajstić information content (AvgIpc) is 2.43. The van der Waals surface area contributed by atoms with Crippen LogP contribution in [0.3, 0.4) is 0 Å². The van der Waals surface area contributed by atoms with Gasteiger partial charge in [-0.3, -0.25) is 9.78 Å². The molecule has 5 nitrogen and oxygen atoms in total. The summed E-state index contributed by atoms with van der Waals surface area (Å²) in [7, 11) is 0. The highest BCUT2D eigenvalue weighted by Crippen LogP contribution is 2.05. The maximum atomic E-state index is 11.8. The highest BCUT2D eigenvalue weighted by atomic mass is 32.2. The number of rotatable bonds is 7. The summed E-state index contributed by atoms with van der Waals surface area (Å²) in [5.41, 5.74) is 0.966. The average molecular weight is 294 g/mol. The number of aromatic nitrogens is 1. The predicted molar refractivity (Wildman–Crippen MR) is 80.8 cm³/mol. The Morgan fingerprint density at radius 2 is 2.25 bits per heavy atom. The van der Waals surface area contributed by atoms with Gasteiger partial charge in [0, 0.05) is 18.8 Å². The summed E-state index contributed by atoms with van der Waals surface area (Å²) < 4.78 is 0. The largest absolute Gasteiger partial charge is 0.478 e. The first-order valence-corrected chi connectivity index (χ1v) is 7.56. The summed E-state index contributed by atoms with van der Waals surface area (Å²) in [6, 6.07) is 3.24. The number of nitrogens with one attached hydrogen (secondary N) is 1. The van der Waals surface area contributed by atoms with Gasteiger partial charge >= 0.3 is 5.97 Å². The smallest absolute Gasteiger partial charge is 0.328 e. The zero-order valence-corrected chi connectivity index (χ0v) is 12.3. The van der Waals surface area contributed by atoms with Crippen LogP contribution in [0, 0.1) is 5.92 Å². The second kappa shape index (κ2) is 8.37. The Kier molecular flexibility index (Phi) is 6.79. The van der Waals surface area contributed by atoms with Gasteiger partial charge in [-0.05, 0) is 35.6 Å². The molecule has 1 aromatic rings. The monoisotopic (exact) mass is 294 g/mol. The summed E-state index contributed by atoms with van der Waals surface area (Å²) in [6.07, 6.45) is 5.96. The van der Waals surface area contributed by atoms with Gasteiger partial charge in [0.2, 0.25) is 0 Å². The first kappa shape index (κ1) is 16.2. The van der Waals surface area contributed by atoms with Crippen molar-refractivity contribution >= 4 is 29.7 Å². The second-order valence-electron chi connectivity index (χ2n) is 4.42. The minimum absolute atomic E-state index is 0.216. The number of hydrogen-bond donors (Lipinski definition) is 2. The van der Waals surface area contributed by atoms with Crippen LogP contribution in [0.25, 0.3) is 6.08 Å². The molecule has 1 atom stereocenters. The SMILES string of the molecule is CSCC(C)CNC(=O)c1ccc(C=CC(=O)O)cn1. The molecule has 6 heteroatoms. The van der Waals surface area contributed by atoms with E-state index >= 15 is 0 Å². The fourth-order valence-electron chi connectivity index (χ4n) is 1.51. The number of carboxylic acid groups (broad SMARTS) is 1. The fourth-order valence-corrected chi connectivity index (χ4v) is 2.19. The first-order valence-electron chi connectivity index (χ1n) is 6.17. The zero-order valence-electron chi connectivity index (χ0n) is 11.5. The molecule has 108 valence electrons. The van der Waals surface area contributed by atoms with Gasteiger partial charge in [0.1, 0.15) is 5.69 Å². The van der Waals surface area contributed by atoms with Crippen LogP contribution >= 0.6 is 11.8 Å². The van der Waals surface area contributed by atoms with Crippen LogP contribution in [0.2, 0.25) is 0 Å². The van der Waals surface area contributed by atoms with Crippen LogP contribution in [-0.4, -0.2) is 40.5 Å². The number of carbonyl (C=O) groups excluding carboxylic acids is 1. The lowest BCUT2D eigenvalue weighted by Gasteiger charge is -2.10. The molecule has 1 unspecified atom stereocenters. The van der Waals surface area contributed by atoms with E-state index in [0.29, 0.717) is 23.7 Å². The van der Waals surface area contributed by atoms with Crippen molar-refractivity contribution in [2.24, 2.45) is 5.92 Å². The van der Waals surface area contributed by atoms with Gasteiger partial charge in [-0.15, -0.1) is 0 Å². The third-order valence-corrected chi connectivity index (χ3v) is 3.40. The Balaban J connectivity index is 2.55. The molecule has 0 saturated carbocycles. The van der Waals surface area contributed by atoms with E-state index in [-0.39, 0.29) is 5.91 Å². The van der Waals surface area contributed by atoms with Crippen LogP contribution in [-0.2, 0) is 4.79 Å². The lowest BCUT2D eigenvalue weighted by Crippen LogP contribution is -2.29. The third-order valence-electron chi connectivity index (χ3n) is 2.50. The molecule has 0 spiro atoms. The Morgan fingerprint density at radius 3 is 2.80 bits per heavy atom. The third kappa shape index (κ3) is 5.88. The van der Waals surface area contributed by atoms with Crippen molar-refractivity contribution in [1.29, 1.82) is 0 Å². The van der Waals surface area contributed by atoms with Crippen molar-refractivity contribution in [1.82, 2.24) is 10.3 Å². The van der Waals surface area contributed by atoms with E-state index in [1.807, 2.05) is 6.26 Å². The normalized spacial score (nSPS) is 12.3. The molecule has 1 aromatic heterocycles. The summed E-state index contributed by atoms with van der Waals surface area (Å²) in [6.45, 7) is 2.69. The van der Waals surface area contributed by atoms with Gasteiger partial charge in [0.15, 0.2) is 0 Å². The molecule has 0 aliphatic carbocycles. The summed E-state index contributed by atoms with van der Waals surface area (Å²) >= 11 is 1.74. The van der Waals surface area contributed by atoms with Gasteiger partial charge in [-0.1, -0.05) is 13.0 Å². The van der Waals surface area contributed by atoms with Gasteiger partial charge in [0.05, 0.1) is 0 Å². The first-order chi connectivity index (χ1) is 9.52. The van der Waals surface area contributed by atoms with Crippen molar-refractivity contribution in [3.8, 4) is 0 Å². The molecule has 0 radical (unpaired) electrons. The minimum Gasteiger partial charge on any atom is -0.478 e. The van der Waals surface area contributed by atoms with Gasteiger partial charge in [-0.25, -0.2) is 4.79 Å². The number of thioether (sulfide) groups is 1. The number of aliphatic carboxylic acids is 1. The summed E-state index contributed by atoms with van der Waals surface area (Å²) in [4.78, 5) is 26.2. The topological polar surface area (TPSA) is 79.3 Å². The van der Waals surface area contributed by atoms with Gasteiger partial charge in [-0.2, -0.15) is 11.8 Å². The van der Waals surface area contributed by atoms with E-state index in [9.17, 15) is 9.59 Å². The second-order valence-corrected chi connectivity index (χ2v) is 5.33. The number of carboxylic acids is 1. The molecule has 1 amide bonds. The number of carbonyl (C=O) groups is 2. The van der Waals surface area contributed by atoms with Crippen LogP contribution in [0.5, 0.6) is 0 Å². The molecule has 0 bridgehead atoms. The zero-order chi connectivity index (χ0) is 15.0. The predicted octanol–water partition coefficient (Wildman–Crippen LogP) is 1.91. The quantitative estimate of drug-likeness (QED) is 0.751. The molecular weight excluding hydrogens is 276 g/mol. The number of nitrogens with zero attached hydrogens (tertiary/aromatic N) is 1. The standard InChI is InChI=1S/C14H18N2O3S/c1-10(9-20-2)7-16-14(19)12-5-3-11(8-15-12)4-6-13(17)18/h3-6,8,10H,7,9H2,1-2H3,(H,16,19)(H,17,18). The van der Waals surface area contributed by atoms with Crippen molar-refractivity contribution in [2.45, 2.75) is 6.92 Å². The minimum atomic E-state index is -1.02. The van der Waals surface area contributed by atoms with Crippen LogP contribution in [0.15, 0.2) is 24.4 Å². The van der Waals surface area contributed by atoms with Gasteiger partial charge < -0.3 is 10.4 Å². The lowest BCUT2D eigenvalue weighted by atomic mass is 10.2. The molecule has 0 aromatic carbocycles. The van der Waals surface area contributed by atoms with Crippen LogP contribution in [0.4, 0.5) is 0 Å². The molecule has 1 heterocycles. The maximum Gasteiger partial charge on any atom is 0.328 e. The Labute approximate surface area is 122 Å². The highest BCUT2D eigenvalue weighted by molar-refractivity contribution is 7.98. The molecular formula is C14H18N2O3S. The van der Waals surface area contributed by atoms with E-state index in [2.05, 4.69) is 17.2 Å². The molecule has 20 heavy (non-hydrogen) atoms. The van der Waals surface area contributed by atoms with Crippen molar-refractivity contribution in [3.63, 3.8) is 0 Å². The molecule has 0 saturated heterocycles. The van der Waals surface area contributed by atoms with E-state index in [4.69, 9.17) is 5.11 Å². The van der Waals surface area contributed by atoms with Crippen LogP contribution < -0.4 is 5.32 Å². The van der Waals surface area contributed by atoms with E-state index in [1.165, 1.54) is 12.3 Å². The Morgan fingerprint density at radius 1 is 1.50 bits per heavy atom. The molecule has 2 N–H and O–H groups in total. The lowest BCUT2D eigenvalue weighted by molar-refractivity contribution is -0.131. The highest BCUT2D eigenvalue weighted by Gasteiger charge is 2.08. The number of hydrogen-bond acceptors (Lipinski definition) is 4. The molecule has 1 rings (SSSR count). The van der Waals surface area contributed by atoms with E-state index in [0.717, 1.165) is 11.8 Å². The summed E-state index contributed by atoms with van der Waals surface area (Å²) in [5, 5.41) is 11.3. The van der Waals surface area contributed by atoms with Crippen LogP contribution in [0.1, 0.15) is 23.0 Å². The van der Waals surface area contributed by atoms with E-state index < -0.39 is 5.97 Å². The molecule has 0 aliphatic heterocycles. The number of amides is 1. The number of pyridine rings is 1. The fraction of sp³-hybridized carbons (Fsp3) is 0.357. The van der Waals surface area contributed by atoms with E-state index in [1.54, 1.807) is 23.9 Å². The molecule has 0 fully saturated rings. The Bertz CT molecular complexity index is 486. The molecule has 0 aliphatic rings. The Hall–Kier alpha value is -1.82. The van der Waals surface area contributed by atoms with Crippen molar-refractivity contribution < 1.29 is 14.7 Å². The van der Waals surface area contributed by atoms with Gasteiger partial charge in [0.25, 0.3) is 5.91 Å².